The van der Waals surface area contributed by atoms with Crippen LogP contribution in [0.5, 0.6) is 5.75 Å². The van der Waals surface area contributed by atoms with Crippen LogP contribution in [-0.2, 0) is 26.5 Å². The molecule has 1 aliphatic rings. The van der Waals surface area contributed by atoms with Gasteiger partial charge in [-0.3, -0.25) is 4.79 Å². The van der Waals surface area contributed by atoms with Crippen LogP contribution in [0, 0.1) is 0 Å². The van der Waals surface area contributed by atoms with E-state index in [1.807, 2.05) is 29.2 Å². The second kappa shape index (κ2) is 10.4. The molecule has 0 aliphatic carbocycles. The minimum Gasteiger partial charge on any atom is -0.495 e. The lowest BCUT2D eigenvalue weighted by Crippen LogP contribution is -2.49. The molecular formula is C20H22ClN5O5S. The summed E-state index contributed by atoms with van der Waals surface area (Å²) < 4.78 is 11.4. The average molecular weight is 480 g/mol. The maximum absolute atomic E-state index is 13.0. The second-order valence-corrected chi connectivity index (χ2v) is 8.14. The number of fused-ring (bicyclic) bond motifs is 1. The van der Waals surface area contributed by atoms with Gasteiger partial charge in [-0.05, 0) is 24.3 Å². The molecule has 2 aromatic heterocycles. The van der Waals surface area contributed by atoms with Crippen LogP contribution in [-0.4, -0.2) is 64.1 Å². The standard InChI is InChI=1S/C20H22ClN5O5S/c1-29-18-11-14(4-5-16(18)21)24-7-9-25(10-8-24)19(27)12-26-20-15(3-2-6-22-20)17(23-26)13-32-31-30-28/h2-6,11,28H,7-10,12-13H2,1H3. The third-order valence-electron chi connectivity index (χ3n) is 5.27. The Morgan fingerprint density at radius 2 is 2.06 bits per heavy atom. The first-order valence-electron chi connectivity index (χ1n) is 9.87. The highest BCUT2D eigenvalue weighted by atomic mass is 35.5. The van der Waals surface area contributed by atoms with Crippen molar-refractivity contribution in [2.45, 2.75) is 12.3 Å². The molecule has 0 atom stereocenters. The number of ether oxygens (including phenoxy) is 1. The molecule has 1 aliphatic heterocycles. The van der Waals surface area contributed by atoms with E-state index < -0.39 is 0 Å². The van der Waals surface area contributed by atoms with Crippen molar-refractivity contribution in [3.63, 3.8) is 0 Å². The largest absolute Gasteiger partial charge is 0.495 e. The Bertz CT molecular complexity index is 1090. The van der Waals surface area contributed by atoms with Crippen LogP contribution in [0.1, 0.15) is 5.69 Å². The van der Waals surface area contributed by atoms with E-state index in [9.17, 15) is 4.79 Å². The van der Waals surface area contributed by atoms with Gasteiger partial charge in [0.25, 0.3) is 0 Å². The van der Waals surface area contributed by atoms with Gasteiger partial charge in [-0.1, -0.05) is 16.6 Å². The maximum Gasteiger partial charge on any atom is 0.244 e. The lowest BCUT2D eigenvalue weighted by molar-refractivity contribution is -0.432. The van der Waals surface area contributed by atoms with Crippen LogP contribution >= 0.6 is 23.6 Å². The normalized spacial score (nSPS) is 14.2. The number of nitrogens with zero attached hydrogens (tertiary/aromatic N) is 5. The number of hydrogen-bond acceptors (Lipinski definition) is 9. The van der Waals surface area contributed by atoms with Crippen LogP contribution in [0.25, 0.3) is 11.0 Å². The van der Waals surface area contributed by atoms with Gasteiger partial charge in [0, 0.05) is 61.6 Å². The van der Waals surface area contributed by atoms with Crippen molar-refractivity contribution in [2.75, 3.05) is 38.2 Å². The van der Waals surface area contributed by atoms with Gasteiger partial charge in [0.05, 0.1) is 23.6 Å². The number of carbonyl (C=O) groups excluding carboxylic acids is 1. The monoisotopic (exact) mass is 479 g/mol. The Kier molecular flexibility index (Phi) is 7.33. The predicted octanol–water partition coefficient (Wildman–Crippen LogP) is 3.01. The number of amides is 1. The van der Waals surface area contributed by atoms with Gasteiger partial charge >= 0.3 is 0 Å². The van der Waals surface area contributed by atoms with Gasteiger partial charge in [0.1, 0.15) is 12.3 Å². The fourth-order valence-electron chi connectivity index (χ4n) is 3.68. The molecule has 0 spiro atoms. The van der Waals surface area contributed by atoms with E-state index >= 15 is 0 Å². The Morgan fingerprint density at radius 3 is 2.81 bits per heavy atom. The zero-order valence-corrected chi connectivity index (χ0v) is 18.9. The number of rotatable bonds is 8. The third kappa shape index (κ3) is 4.92. The van der Waals surface area contributed by atoms with Gasteiger partial charge in [-0.25, -0.2) is 14.9 Å². The van der Waals surface area contributed by atoms with Crippen LogP contribution < -0.4 is 9.64 Å². The quantitative estimate of drug-likeness (QED) is 0.226. The average Bonchev–Trinajstić information content (AvgIpc) is 3.17. The number of methoxy groups -OCH3 is 1. The molecule has 1 amide bonds. The summed E-state index contributed by atoms with van der Waals surface area (Å²) in [7, 11) is 1.59. The first-order valence-corrected chi connectivity index (χ1v) is 11.2. The number of pyridine rings is 1. The van der Waals surface area contributed by atoms with E-state index in [0.29, 0.717) is 54.0 Å². The highest BCUT2D eigenvalue weighted by Crippen LogP contribution is 2.30. The Labute approximate surface area is 193 Å². The lowest BCUT2D eigenvalue weighted by atomic mass is 10.2. The molecule has 0 unspecified atom stereocenters. The molecule has 0 radical (unpaired) electrons. The SMILES string of the molecule is COc1cc(N2CCN(C(=O)Cn3nc(CSOOO)c4cccnc43)CC2)ccc1Cl. The Balaban J connectivity index is 1.40. The molecule has 10 nitrogen and oxygen atoms in total. The first-order chi connectivity index (χ1) is 15.6. The Hall–Kier alpha value is -2.57. The third-order valence-corrected chi connectivity index (χ3v) is 6.14. The molecule has 3 aromatic rings. The van der Waals surface area contributed by atoms with Crippen LogP contribution in [0.2, 0.25) is 5.02 Å². The number of carbonyl (C=O) groups is 1. The lowest BCUT2D eigenvalue weighted by Gasteiger charge is -2.36. The van der Waals surface area contributed by atoms with E-state index in [1.165, 1.54) is 0 Å². The number of anilines is 1. The highest BCUT2D eigenvalue weighted by molar-refractivity contribution is 7.93. The molecule has 170 valence electrons. The van der Waals surface area contributed by atoms with Crippen molar-refractivity contribution in [3.05, 3.63) is 47.2 Å². The van der Waals surface area contributed by atoms with Gasteiger partial charge in [0.2, 0.25) is 5.91 Å². The molecule has 1 fully saturated rings. The van der Waals surface area contributed by atoms with Crippen molar-refractivity contribution in [2.24, 2.45) is 0 Å². The summed E-state index contributed by atoms with van der Waals surface area (Å²) in [5.41, 5.74) is 2.31. The Morgan fingerprint density at radius 1 is 1.25 bits per heavy atom. The van der Waals surface area contributed by atoms with E-state index in [1.54, 1.807) is 24.1 Å². The van der Waals surface area contributed by atoms with E-state index in [4.69, 9.17) is 21.6 Å². The minimum absolute atomic E-state index is 0.0254. The molecule has 1 saturated heterocycles. The maximum atomic E-state index is 13.0. The molecule has 0 bridgehead atoms. The summed E-state index contributed by atoms with van der Waals surface area (Å²) >= 11 is 7.01. The summed E-state index contributed by atoms with van der Waals surface area (Å²) in [6.45, 7) is 2.69. The van der Waals surface area contributed by atoms with Crippen molar-refractivity contribution in [1.29, 1.82) is 0 Å². The molecule has 0 saturated carbocycles. The number of benzene rings is 1. The van der Waals surface area contributed by atoms with Crippen molar-refractivity contribution < 1.29 is 24.2 Å². The molecular weight excluding hydrogens is 458 g/mol. The molecule has 3 heterocycles. The van der Waals surface area contributed by atoms with Crippen LogP contribution in [0.3, 0.4) is 0 Å². The van der Waals surface area contributed by atoms with Crippen molar-refractivity contribution >= 4 is 46.3 Å². The smallest absolute Gasteiger partial charge is 0.244 e. The summed E-state index contributed by atoms with van der Waals surface area (Å²) in [6, 6.07) is 9.36. The topological polar surface area (TPSA) is 102 Å². The van der Waals surface area contributed by atoms with E-state index in [-0.39, 0.29) is 12.5 Å². The predicted molar refractivity (Wildman–Crippen MR) is 120 cm³/mol. The number of aromatic nitrogens is 3. The zero-order chi connectivity index (χ0) is 22.5. The summed E-state index contributed by atoms with van der Waals surface area (Å²) in [4.78, 5) is 21.4. The highest BCUT2D eigenvalue weighted by Gasteiger charge is 2.23. The van der Waals surface area contributed by atoms with E-state index in [2.05, 4.69) is 24.4 Å². The van der Waals surface area contributed by atoms with Crippen molar-refractivity contribution in [1.82, 2.24) is 19.7 Å². The van der Waals surface area contributed by atoms with Gasteiger partial charge in [0.15, 0.2) is 5.65 Å². The number of piperazine rings is 1. The fraction of sp³-hybridized carbons (Fsp3) is 0.350. The summed E-state index contributed by atoms with van der Waals surface area (Å²) in [6.07, 6.45) is 1.66. The van der Waals surface area contributed by atoms with Crippen LogP contribution in [0.15, 0.2) is 36.5 Å². The molecule has 12 heteroatoms. The fourth-order valence-corrected chi connectivity index (χ4v) is 4.29. The summed E-state index contributed by atoms with van der Waals surface area (Å²) in [5.74, 6) is 0.931. The number of halogens is 1. The van der Waals surface area contributed by atoms with Crippen molar-refractivity contribution in [3.8, 4) is 5.75 Å². The zero-order valence-electron chi connectivity index (χ0n) is 17.3. The summed E-state index contributed by atoms with van der Waals surface area (Å²) in [5, 5.41) is 17.8. The molecule has 1 N–H and O–H groups in total. The van der Waals surface area contributed by atoms with E-state index in [0.717, 1.165) is 23.1 Å². The van der Waals surface area contributed by atoms with Crippen LogP contribution in [0.4, 0.5) is 5.69 Å². The molecule has 1 aromatic carbocycles. The second-order valence-electron chi connectivity index (χ2n) is 7.07. The van der Waals surface area contributed by atoms with Gasteiger partial charge in [-0.2, -0.15) is 5.10 Å². The van der Waals surface area contributed by atoms with Gasteiger partial charge in [-0.15, -0.1) is 4.33 Å². The van der Waals surface area contributed by atoms with Gasteiger partial charge < -0.3 is 14.5 Å². The molecule has 4 rings (SSSR count). The first kappa shape index (κ1) is 22.6. The minimum atomic E-state index is -0.0254. The number of hydrogen-bond donors (Lipinski definition) is 1. The molecule has 32 heavy (non-hydrogen) atoms.